The Balaban J connectivity index is 1.77. The summed E-state index contributed by atoms with van der Waals surface area (Å²) in [7, 11) is -3.52. The Morgan fingerprint density at radius 2 is 2.08 bits per heavy atom. The van der Waals surface area contributed by atoms with E-state index in [2.05, 4.69) is 4.98 Å². The number of halogens is 1. The Morgan fingerprint density at radius 3 is 2.83 bits per heavy atom. The van der Waals surface area contributed by atoms with E-state index in [0.29, 0.717) is 35.2 Å². The Kier molecular flexibility index (Phi) is 4.80. The van der Waals surface area contributed by atoms with Gasteiger partial charge in [-0.15, -0.1) is 0 Å². The van der Waals surface area contributed by atoms with Crippen LogP contribution in [0.2, 0.25) is 5.02 Å². The van der Waals surface area contributed by atoms with Gasteiger partial charge in [-0.25, -0.2) is 8.42 Å². The molecule has 0 spiro atoms. The molecule has 1 aromatic carbocycles. The summed E-state index contributed by atoms with van der Waals surface area (Å²) < 4.78 is 33.1. The second kappa shape index (κ2) is 6.70. The van der Waals surface area contributed by atoms with Crippen molar-refractivity contribution in [2.75, 3.05) is 13.1 Å². The van der Waals surface area contributed by atoms with Crippen molar-refractivity contribution < 1.29 is 13.2 Å². The van der Waals surface area contributed by atoms with Crippen molar-refractivity contribution in [1.29, 1.82) is 0 Å². The Bertz CT molecular complexity index is 855. The van der Waals surface area contributed by atoms with Gasteiger partial charge in [-0.3, -0.25) is 4.98 Å². The van der Waals surface area contributed by atoms with Crippen LogP contribution in [0, 0.1) is 13.8 Å². The fourth-order valence-corrected chi connectivity index (χ4v) is 4.73. The van der Waals surface area contributed by atoms with Crippen molar-refractivity contribution in [3.8, 4) is 5.75 Å². The molecule has 2 heterocycles. The minimum atomic E-state index is -3.52. The van der Waals surface area contributed by atoms with Crippen molar-refractivity contribution in [2.24, 2.45) is 0 Å². The lowest BCUT2D eigenvalue weighted by molar-refractivity contribution is 0.215. The van der Waals surface area contributed by atoms with E-state index in [9.17, 15) is 8.42 Å². The number of benzene rings is 1. The predicted octanol–water partition coefficient (Wildman–Crippen LogP) is 3.19. The van der Waals surface area contributed by atoms with E-state index in [1.165, 1.54) is 10.5 Å². The van der Waals surface area contributed by atoms with Gasteiger partial charge < -0.3 is 4.74 Å². The zero-order valence-electron chi connectivity index (χ0n) is 13.6. The molecule has 0 aliphatic carbocycles. The maximum absolute atomic E-state index is 12.9. The normalized spacial score (nSPS) is 18.7. The van der Waals surface area contributed by atoms with Crippen molar-refractivity contribution in [3.05, 3.63) is 52.8 Å². The summed E-state index contributed by atoms with van der Waals surface area (Å²) >= 11 is 6.04. The van der Waals surface area contributed by atoms with Crippen LogP contribution in [-0.4, -0.2) is 36.9 Å². The molecule has 1 aliphatic rings. The summed E-state index contributed by atoms with van der Waals surface area (Å²) in [5, 5.41) is 0.424. The minimum Gasteiger partial charge on any atom is -0.487 e. The third-order valence-electron chi connectivity index (χ3n) is 4.10. The molecule has 1 fully saturated rings. The summed E-state index contributed by atoms with van der Waals surface area (Å²) in [5.41, 5.74) is 1.68. The van der Waals surface area contributed by atoms with Crippen LogP contribution in [0.4, 0.5) is 0 Å². The molecule has 0 amide bonds. The predicted molar refractivity (Wildman–Crippen MR) is 93.0 cm³/mol. The molecule has 0 N–H and O–H groups in total. The van der Waals surface area contributed by atoms with Crippen LogP contribution in [0.15, 0.2) is 41.6 Å². The summed E-state index contributed by atoms with van der Waals surface area (Å²) in [6.45, 7) is 4.45. The molecule has 0 bridgehead atoms. The number of hydrogen-bond acceptors (Lipinski definition) is 4. The first-order valence-corrected chi connectivity index (χ1v) is 9.53. The number of pyridine rings is 1. The number of nitrogens with zero attached hydrogens (tertiary/aromatic N) is 2. The number of sulfonamides is 1. The molecule has 1 aromatic heterocycles. The van der Waals surface area contributed by atoms with E-state index < -0.39 is 10.0 Å². The summed E-state index contributed by atoms with van der Waals surface area (Å²) in [4.78, 5) is 4.28. The van der Waals surface area contributed by atoms with Gasteiger partial charge in [0.05, 0.1) is 11.4 Å². The van der Waals surface area contributed by atoms with Gasteiger partial charge in [-0.1, -0.05) is 23.7 Å². The van der Waals surface area contributed by atoms with Crippen molar-refractivity contribution in [1.82, 2.24) is 9.29 Å². The number of aromatic nitrogens is 1. The van der Waals surface area contributed by atoms with E-state index in [0.717, 1.165) is 11.1 Å². The largest absolute Gasteiger partial charge is 0.487 e. The molecule has 128 valence electrons. The third kappa shape index (κ3) is 3.41. The highest BCUT2D eigenvalue weighted by molar-refractivity contribution is 7.89. The van der Waals surface area contributed by atoms with Gasteiger partial charge in [0.1, 0.15) is 16.9 Å². The summed E-state index contributed by atoms with van der Waals surface area (Å²) in [6.07, 6.45) is 3.52. The first-order valence-electron chi connectivity index (χ1n) is 7.71. The minimum absolute atomic E-state index is 0.218. The first kappa shape index (κ1) is 17.2. The first-order chi connectivity index (χ1) is 11.4. The third-order valence-corrected chi connectivity index (χ3v) is 6.39. The van der Waals surface area contributed by atoms with Gasteiger partial charge in [-0.2, -0.15) is 4.31 Å². The molecule has 3 rings (SSSR count). The monoisotopic (exact) mass is 366 g/mol. The molecule has 0 radical (unpaired) electrons. The van der Waals surface area contributed by atoms with Gasteiger partial charge in [-0.05, 0) is 37.5 Å². The molecule has 1 saturated heterocycles. The lowest BCUT2D eigenvalue weighted by Crippen LogP contribution is -2.31. The van der Waals surface area contributed by atoms with Crippen LogP contribution in [0.3, 0.4) is 0 Å². The van der Waals surface area contributed by atoms with Gasteiger partial charge in [0.2, 0.25) is 10.0 Å². The van der Waals surface area contributed by atoms with E-state index >= 15 is 0 Å². The average Bonchev–Trinajstić information content (AvgIpc) is 3.01. The Labute approximate surface area is 147 Å². The number of ether oxygens (including phenoxy) is 1. The van der Waals surface area contributed by atoms with Crippen LogP contribution < -0.4 is 4.74 Å². The maximum Gasteiger partial charge on any atom is 0.243 e. The van der Waals surface area contributed by atoms with Gasteiger partial charge >= 0.3 is 0 Å². The van der Waals surface area contributed by atoms with E-state index in [1.54, 1.807) is 18.3 Å². The Hall–Kier alpha value is -1.63. The lowest BCUT2D eigenvalue weighted by atomic mass is 10.2. The average molecular weight is 367 g/mol. The van der Waals surface area contributed by atoms with Crippen molar-refractivity contribution >= 4 is 21.6 Å². The van der Waals surface area contributed by atoms with Crippen LogP contribution in [0.1, 0.15) is 17.5 Å². The molecule has 5 nitrogen and oxygen atoms in total. The van der Waals surface area contributed by atoms with E-state index in [-0.39, 0.29) is 6.10 Å². The van der Waals surface area contributed by atoms with Crippen LogP contribution in [-0.2, 0) is 10.0 Å². The van der Waals surface area contributed by atoms with Crippen LogP contribution in [0.5, 0.6) is 5.75 Å². The molecule has 1 aliphatic heterocycles. The molecule has 24 heavy (non-hydrogen) atoms. The van der Waals surface area contributed by atoms with E-state index in [1.807, 2.05) is 26.0 Å². The van der Waals surface area contributed by atoms with Gasteiger partial charge in [0.15, 0.2) is 0 Å². The molecule has 0 unspecified atom stereocenters. The fraction of sp³-hybridized carbons (Fsp3) is 0.353. The quantitative estimate of drug-likeness (QED) is 0.833. The van der Waals surface area contributed by atoms with Crippen molar-refractivity contribution in [2.45, 2.75) is 31.3 Å². The topological polar surface area (TPSA) is 59.5 Å². The van der Waals surface area contributed by atoms with Gasteiger partial charge in [0, 0.05) is 25.0 Å². The molecule has 0 saturated carbocycles. The maximum atomic E-state index is 12.9. The smallest absolute Gasteiger partial charge is 0.243 e. The highest BCUT2D eigenvalue weighted by Gasteiger charge is 2.34. The summed E-state index contributed by atoms with van der Waals surface area (Å²) in [6, 6.07) is 7.15. The zero-order valence-corrected chi connectivity index (χ0v) is 15.1. The van der Waals surface area contributed by atoms with Crippen molar-refractivity contribution in [3.63, 3.8) is 0 Å². The van der Waals surface area contributed by atoms with Crippen LogP contribution >= 0.6 is 11.6 Å². The molecule has 1 atom stereocenters. The zero-order chi connectivity index (χ0) is 17.3. The Morgan fingerprint density at radius 1 is 1.29 bits per heavy atom. The van der Waals surface area contributed by atoms with E-state index in [4.69, 9.17) is 16.3 Å². The molecule has 2 aromatic rings. The summed E-state index contributed by atoms with van der Waals surface area (Å²) in [5.74, 6) is 0.530. The fourth-order valence-electron chi connectivity index (χ4n) is 2.77. The second-order valence-corrected chi connectivity index (χ2v) is 8.28. The number of aryl methyl sites for hydroxylation is 2. The highest BCUT2D eigenvalue weighted by atomic mass is 35.5. The second-order valence-electron chi connectivity index (χ2n) is 5.97. The SMILES string of the molecule is Cc1ccc(C)c(S(=O)(=O)N2CC[C@@H](Oc3ccncc3Cl)C2)c1. The van der Waals surface area contributed by atoms with Gasteiger partial charge in [0.25, 0.3) is 0 Å². The lowest BCUT2D eigenvalue weighted by Gasteiger charge is -2.19. The number of hydrogen-bond donors (Lipinski definition) is 0. The highest BCUT2D eigenvalue weighted by Crippen LogP contribution is 2.29. The molecule has 7 heteroatoms. The van der Waals surface area contributed by atoms with Crippen LogP contribution in [0.25, 0.3) is 0 Å². The standard InChI is InChI=1S/C17H19ClN2O3S/c1-12-3-4-13(2)17(9-12)24(21,22)20-8-6-14(11-20)23-16-5-7-19-10-15(16)18/h3-5,7,9-10,14H,6,8,11H2,1-2H3/t14-/m1/s1. The molecular weight excluding hydrogens is 348 g/mol. The number of rotatable bonds is 4. The molecular formula is C17H19ClN2O3S.